The SMILES string of the molecule is COC(=O)CCCNC(=O)CCc1ccc(OCCCc2ccccc2)c(C(F)(F)F)c1. The number of carbonyl (C=O) groups is 2. The Morgan fingerprint density at radius 1 is 0.938 bits per heavy atom. The molecule has 1 amide bonds. The van der Waals surface area contributed by atoms with E-state index in [4.69, 9.17) is 4.74 Å². The summed E-state index contributed by atoms with van der Waals surface area (Å²) in [6.45, 7) is 0.475. The Morgan fingerprint density at radius 3 is 2.38 bits per heavy atom. The van der Waals surface area contributed by atoms with Gasteiger partial charge >= 0.3 is 12.1 Å². The molecular formula is C24H28F3NO4. The molecule has 0 aliphatic heterocycles. The number of halogens is 3. The van der Waals surface area contributed by atoms with Gasteiger partial charge in [-0.3, -0.25) is 9.59 Å². The van der Waals surface area contributed by atoms with Crippen LogP contribution < -0.4 is 10.1 Å². The Labute approximate surface area is 185 Å². The lowest BCUT2D eigenvalue weighted by atomic mass is 10.0. The van der Waals surface area contributed by atoms with Crippen molar-refractivity contribution in [1.29, 1.82) is 0 Å². The third-order valence-electron chi connectivity index (χ3n) is 4.81. The highest BCUT2D eigenvalue weighted by Crippen LogP contribution is 2.37. The van der Waals surface area contributed by atoms with Crippen LogP contribution in [0.5, 0.6) is 5.75 Å². The Kier molecular flexibility index (Phi) is 10.0. The van der Waals surface area contributed by atoms with Crippen molar-refractivity contribution in [2.24, 2.45) is 0 Å². The zero-order chi connectivity index (χ0) is 23.4. The zero-order valence-electron chi connectivity index (χ0n) is 18.0. The van der Waals surface area contributed by atoms with Gasteiger partial charge in [0, 0.05) is 19.4 Å². The molecule has 0 saturated heterocycles. The van der Waals surface area contributed by atoms with Crippen molar-refractivity contribution in [3.05, 3.63) is 65.2 Å². The van der Waals surface area contributed by atoms with Gasteiger partial charge in [0.15, 0.2) is 0 Å². The van der Waals surface area contributed by atoms with Crippen molar-refractivity contribution >= 4 is 11.9 Å². The molecule has 174 valence electrons. The fourth-order valence-corrected chi connectivity index (χ4v) is 3.09. The van der Waals surface area contributed by atoms with Crippen molar-refractivity contribution in [3.63, 3.8) is 0 Å². The summed E-state index contributed by atoms with van der Waals surface area (Å²) in [4.78, 5) is 22.9. The van der Waals surface area contributed by atoms with Gasteiger partial charge in [-0.25, -0.2) is 0 Å². The minimum Gasteiger partial charge on any atom is -0.493 e. The van der Waals surface area contributed by atoms with Crippen LogP contribution in [0, 0.1) is 0 Å². The minimum absolute atomic E-state index is 0.0484. The molecule has 0 aliphatic rings. The third-order valence-corrected chi connectivity index (χ3v) is 4.81. The van der Waals surface area contributed by atoms with E-state index in [0.717, 1.165) is 18.1 Å². The summed E-state index contributed by atoms with van der Waals surface area (Å²) < 4.78 is 50.4. The van der Waals surface area contributed by atoms with E-state index in [9.17, 15) is 22.8 Å². The predicted molar refractivity (Wildman–Crippen MR) is 114 cm³/mol. The van der Waals surface area contributed by atoms with Gasteiger partial charge in [-0.2, -0.15) is 13.2 Å². The number of esters is 1. The van der Waals surface area contributed by atoms with Crippen molar-refractivity contribution in [2.45, 2.75) is 44.7 Å². The largest absolute Gasteiger partial charge is 0.493 e. The van der Waals surface area contributed by atoms with Gasteiger partial charge in [-0.05, 0) is 48.9 Å². The summed E-state index contributed by atoms with van der Waals surface area (Å²) in [5.74, 6) is -0.854. The second-order valence-corrected chi connectivity index (χ2v) is 7.30. The van der Waals surface area contributed by atoms with Gasteiger partial charge in [0.2, 0.25) is 5.91 Å². The third kappa shape index (κ3) is 8.99. The second-order valence-electron chi connectivity index (χ2n) is 7.30. The number of alkyl halides is 3. The van der Waals surface area contributed by atoms with Crippen molar-refractivity contribution in [3.8, 4) is 5.75 Å². The number of carbonyl (C=O) groups excluding carboxylic acids is 2. The second kappa shape index (κ2) is 12.7. The number of amides is 1. The van der Waals surface area contributed by atoms with E-state index in [1.54, 1.807) is 6.07 Å². The molecule has 0 heterocycles. The van der Waals surface area contributed by atoms with Crippen LogP contribution in [-0.2, 0) is 33.3 Å². The molecule has 0 spiro atoms. The van der Waals surface area contributed by atoms with Crippen LogP contribution in [0.25, 0.3) is 0 Å². The smallest absolute Gasteiger partial charge is 0.419 e. The van der Waals surface area contributed by atoms with E-state index < -0.39 is 11.7 Å². The van der Waals surface area contributed by atoms with E-state index in [-0.39, 0.29) is 43.5 Å². The molecular weight excluding hydrogens is 423 g/mol. The summed E-state index contributed by atoms with van der Waals surface area (Å²) in [5.41, 5.74) is 0.665. The number of rotatable bonds is 12. The molecule has 5 nitrogen and oxygen atoms in total. The highest BCUT2D eigenvalue weighted by Gasteiger charge is 2.34. The lowest BCUT2D eigenvalue weighted by Crippen LogP contribution is -2.25. The molecule has 0 atom stereocenters. The first-order valence-electron chi connectivity index (χ1n) is 10.5. The lowest BCUT2D eigenvalue weighted by Gasteiger charge is -2.15. The average Bonchev–Trinajstić information content (AvgIpc) is 2.78. The molecule has 2 aromatic carbocycles. The fourth-order valence-electron chi connectivity index (χ4n) is 3.09. The van der Waals surface area contributed by atoms with Gasteiger partial charge in [-0.1, -0.05) is 36.4 Å². The van der Waals surface area contributed by atoms with E-state index >= 15 is 0 Å². The highest BCUT2D eigenvalue weighted by atomic mass is 19.4. The van der Waals surface area contributed by atoms with Crippen LogP contribution in [0.1, 0.15) is 42.4 Å². The van der Waals surface area contributed by atoms with Gasteiger partial charge in [0.05, 0.1) is 19.3 Å². The van der Waals surface area contributed by atoms with Crippen molar-refractivity contribution in [1.82, 2.24) is 5.32 Å². The van der Waals surface area contributed by atoms with Crippen LogP contribution in [0.3, 0.4) is 0 Å². The van der Waals surface area contributed by atoms with E-state index in [2.05, 4.69) is 10.1 Å². The lowest BCUT2D eigenvalue weighted by molar-refractivity contribution is -0.141. The molecule has 0 bridgehead atoms. The monoisotopic (exact) mass is 451 g/mol. The first kappa shape index (κ1) is 25.2. The highest BCUT2D eigenvalue weighted by molar-refractivity contribution is 5.76. The molecule has 32 heavy (non-hydrogen) atoms. The molecule has 2 aromatic rings. The molecule has 0 aromatic heterocycles. The maximum absolute atomic E-state index is 13.5. The Morgan fingerprint density at radius 2 is 1.69 bits per heavy atom. The van der Waals surface area contributed by atoms with Crippen molar-refractivity contribution < 1.29 is 32.2 Å². The number of benzene rings is 2. The minimum atomic E-state index is -4.55. The number of nitrogens with one attached hydrogen (secondary N) is 1. The summed E-state index contributed by atoms with van der Waals surface area (Å²) in [6, 6.07) is 13.6. The fraction of sp³-hybridized carbons (Fsp3) is 0.417. The zero-order valence-corrected chi connectivity index (χ0v) is 18.0. The first-order valence-corrected chi connectivity index (χ1v) is 10.5. The topological polar surface area (TPSA) is 64.6 Å². The van der Waals surface area contributed by atoms with Gasteiger partial charge in [0.1, 0.15) is 5.75 Å². The molecule has 0 aliphatic carbocycles. The van der Waals surface area contributed by atoms with Crippen LogP contribution in [0.2, 0.25) is 0 Å². The number of hydrogen-bond donors (Lipinski definition) is 1. The van der Waals surface area contributed by atoms with Gasteiger partial charge in [0.25, 0.3) is 0 Å². The molecule has 8 heteroatoms. The number of aryl methyl sites for hydroxylation is 2. The molecule has 0 radical (unpaired) electrons. The standard InChI is InChI=1S/C24H28F3NO4/c1-31-23(30)10-5-15-28-22(29)14-12-19-11-13-21(20(17-19)24(25,26)27)32-16-6-9-18-7-3-2-4-8-18/h2-4,7-8,11,13,17H,5-6,9-10,12,14-16H2,1H3,(H,28,29). The molecule has 0 unspecified atom stereocenters. The number of methoxy groups -OCH3 is 1. The average molecular weight is 451 g/mol. The van der Waals surface area contributed by atoms with E-state index in [0.29, 0.717) is 24.9 Å². The van der Waals surface area contributed by atoms with Crippen LogP contribution >= 0.6 is 0 Å². The number of ether oxygens (including phenoxy) is 2. The maximum Gasteiger partial charge on any atom is 0.419 e. The normalized spacial score (nSPS) is 11.1. The summed E-state index contributed by atoms with van der Waals surface area (Å²) in [5, 5.41) is 2.64. The first-order chi connectivity index (χ1) is 15.3. The molecule has 1 N–H and O–H groups in total. The molecule has 2 rings (SSSR count). The summed E-state index contributed by atoms with van der Waals surface area (Å²) in [7, 11) is 1.29. The predicted octanol–water partition coefficient (Wildman–Crippen LogP) is 4.72. The molecule has 0 saturated carbocycles. The van der Waals surface area contributed by atoms with E-state index in [1.165, 1.54) is 13.2 Å². The number of hydrogen-bond acceptors (Lipinski definition) is 4. The summed E-state index contributed by atoms with van der Waals surface area (Å²) in [6.07, 6.45) is -2.40. The van der Waals surface area contributed by atoms with Gasteiger partial charge < -0.3 is 14.8 Å². The summed E-state index contributed by atoms with van der Waals surface area (Å²) >= 11 is 0. The van der Waals surface area contributed by atoms with E-state index in [1.807, 2.05) is 30.3 Å². The Hall–Kier alpha value is -3.03. The Bertz CT molecular complexity index is 869. The van der Waals surface area contributed by atoms with Crippen LogP contribution in [0.15, 0.2) is 48.5 Å². The van der Waals surface area contributed by atoms with Crippen LogP contribution in [0.4, 0.5) is 13.2 Å². The quantitative estimate of drug-likeness (QED) is 0.375. The molecule has 0 fully saturated rings. The van der Waals surface area contributed by atoms with Crippen LogP contribution in [-0.4, -0.2) is 32.1 Å². The maximum atomic E-state index is 13.5. The Balaban J connectivity index is 1.85. The van der Waals surface area contributed by atoms with Gasteiger partial charge in [-0.15, -0.1) is 0 Å². The van der Waals surface area contributed by atoms with Crippen molar-refractivity contribution in [2.75, 3.05) is 20.3 Å².